The van der Waals surface area contributed by atoms with Crippen molar-refractivity contribution in [3.63, 3.8) is 0 Å². The Bertz CT molecular complexity index is 834. The van der Waals surface area contributed by atoms with Crippen LogP contribution in [0.2, 0.25) is 24.2 Å². The standard InChI is InChI=1S/C38H70Si/c1-21-22(2)24(4)34-33(23(21)3)25(5)26(6)35(34)39(13,14)36-31-19-27(37(7,8)9)15-17-29(31)30-18-16-28(20-32(30)36)38(10,11)12/h21-36H,15-20H2,1-14H3/t21?,22?,23?,24?,25?,26-,27?,28?,29?,30?,31?,32?,33?,34?,35?,36?/m0/s1. The van der Waals surface area contributed by atoms with E-state index in [4.69, 9.17) is 0 Å². The van der Waals surface area contributed by atoms with Gasteiger partial charge in [0, 0.05) is 0 Å². The van der Waals surface area contributed by atoms with Gasteiger partial charge in [0.1, 0.15) is 0 Å². The second-order valence-corrected chi connectivity index (χ2v) is 24.6. The largest absolute Gasteiger partial charge is 0.0689 e. The third kappa shape index (κ3) is 4.80. The van der Waals surface area contributed by atoms with Crippen LogP contribution in [0.3, 0.4) is 0 Å². The molecule has 0 aromatic heterocycles. The summed E-state index contributed by atoms with van der Waals surface area (Å²) in [5.41, 5.74) is 3.04. The van der Waals surface area contributed by atoms with Gasteiger partial charge in [0.25, 0.3) is 0 Å². The molecular weight excluding hydrogens is 485 g/mol. The maximum atomic E-state index is 2.98. The molecule has 5 rings (SSSR count). The zero-order valence-corrected chi connectivity index (χ0v) is 30.0. The lowest BCUT2D eigenvalue weighted by molar-refractivity contribution is 0.0133. The van der Waals surface area contributed by atoms with Crippen LogP contribution >= 0.6 is 0 Å². The first kappa shape index (κ1) is 30.7. The van der Waals surface area contributed by atoms with Crippen LogP contribution in [0.4, 0.5) is 0 Å². The molecule has 0 amide bonds. The van der Waals surface area contributed by atoms with Crippen molar-refractivity contribution in [2.45, 2.75) is 146 Å². The SMILES string of the molecule is CC1C(C)C(C)C2C(C1C)C(C)[C@H](C)C2[Si](C)(C)C1C2CC(C(C)(C)C)CCC2C2CCC(C(C)(C)C)CC21. The summed E-state index contributed by atoms with van der Waals surface area (Å²) in [6.45, 7) is 37.4. The third-order valence-electron chi connectivity index (χ3n) is 16.1. The molecule has 226 valence electrons. The maximum absolute atomic E-state index is 2.98. The van der Waals surface area contributed by atoms with Gasteiger partial charge in [-0.05, 0) is 143 Å². The highest BCUT2D eigenvalue weighted by molar-refractivity contribution is 6.80. The minimum Gasteiger partial charge on any atom is -0.0689 e. The maximum Gasteiger partial charge on any atom is 0.0547 e. The van der Waals surface area contributed by atoms with Crippen LogP contribution in [-0.4, -0.2) is 8.07 Å². The number of rotatable bonds is 2. The minimum absolute atomic E-state index is 0.474. The molecule has 5 fully saturated rings. The van der Waals surface area contributed by atoms with Crippen molar-refractivity contribution >= 4 is 8.07 Å². The highest BCUT2D eigenvalue weighted by Crippen LogP contribution is 2.72. The van der Waals surface area contributed by atoms with Gasteiger partial charge in [0.15, 0.2) is 0 Å². The van der Waals surface area contributed by atoms with Crippen molar-refractivity contribution in [1.29, 1.82) is 0 Å². The lowest BCUT2D eigenvalue weighted by atomic mass is 9.58. The fraction of sp³-hybridized carbons (Fsp3) is 1.00. The summed E-state index contributed by atoms with van der Waals surface area (Å²) in [5, 5.41) is 0. The van der Waals surface area contributed by atoms with Gasteiger partial charge in [0.05, 0.1) is 8.07 Å². The summed E-state index contributed by atoms with van der Waals surface area (Å²) in [6, 6.07) is 0. The second-order valence-electron chi connectivity index (χ2n) is 19.6. The molecule has 0 spiro atoms. The molecule has 5 aliphatic carbocycles. The molecule has 0 bridgehead atoms. The second kappa shape index (κ2) is 10.1. The molecule has 0 aromatic rings. The zero-order valence-electron chi connectivity index (χ0n) is 29.0. The van der Waals surface area contributed by atoms with Gasteiger partial charge in [-0.15, -0.1) is 0 Å². The number of hydrogen-bond acceptors (Lipinski definition) is 0. The van der Waals surface area contributed by atoms with E-state index in [2.05, 4.69) is 96.2 Å². The third-order valence-corrected chi connectivity index (χ3v) is 21.3. The summed E-state index contributed by atoms with van der Waals surface area (Å²) in [4.78, 5) is 0. The van der Waals surface area contributed by atoms with Crippen LogP contribution in [0.5, 0.6) is 0 Å². The average Bonchev–Trinajstić information content (AvgIpc) is 3.32. The lowest BCUT2D eigenvalue weighted by Crippen LogP contribution is -2.51. The molecule has 14 unspecified atom stereocenters. The number of fused-ring (bicyclic) bond motifs is 4. The van der Waals surface area contributed by atoms with Gasteiger partial charge in [-0.25, -0.2) is 0 Å². The highest BCUT2D eigenvalue weighted by Gasteiger charge is 2.65. The van der Waals surface area contributed by atoms with Crippen LogP contribution < -0.4 is 0 Å². The molecule has 5 saturated carbocycles. The quantitative estimate of drug-likeness (QED) is 0.298. The predicted molar refractivity (Wildman–Crippen MR) is 174 cm³/mol. The van der Waals surface area contributed by atoms with E-state index in [1.54, 1.807) is 25.7 Å². The van der Waals surface area contributed by atoms with E-state index < -0.39 is 8.07 Å². The Hall–Kier alpha value is 0.217. The molecule has 39 heavy (non-hydrogen) atoms. The van der Waals surface area contributed by atoms with E-state index in [0.29, 0.717) is 10.8 Å². The molecule has 0 aromatic carbocycles. The molecular formula is C38H70Si. The summed E-state index contributed by atoms with van der Waals surface area (Å²) >= 11 is 0. The Morgan fingerprint density at radius 2 is 0.821 bits per heavy atom. The smallest absolute Gasteiger partial charge is 0.0547 e. The zero-order chi connectivity index (χ0) is 29.0. The number of hydrogen-bond donors (Lipinski definition) is 0. The fourth-order valence-electron chi connectivity index (χ4n) is 13.5. The topological polar surface area (TPSA) is 0 Å². The van der Waals surface area contributed by atoms with E-state index in [0.717, 1.165) is 93.9 Å². The van der Waals surface area contributed by atoms with Crippen molar-refractivity contribution in [2.24, 2.45) is 93.7 Å². The molecule has 5 aliphatic rings. The molecule has 0 saturated heterocycles. The monoisotopic (exact) mass is 555 g/mol. The molecule has 0 radical (unpaired) electrons. The van der Waals surface area contributed by atoms with Crippen LogP contribution in [0.1, 0.15) is 122 Å². The van der Waals surface area contributed by atoms with Crippen molar-refractivity contribution < 1.29 is 0 Å². The first-order chi connectivity index (χ1) is 17.9. The van der Waals surface area contributed by atoms with E-state index in [-0.39, 0.29) is 0 Å². The first-order valence-electron chi connectivity index (χ1n) is 17.9. The summed E-state index contributed by atoms with van der Waals surface area (Å²) in [6.07, 6.45) is 9.26. The van der Waals surface area contributed by atoms with Gasteiger partial charge in [-0.3, -0.25) is 0 Å². The Morgan fingerprint density at radius 3 is 1.23 bits per heavy atom. The molecule has 0 aliphatic heterocycles. The van der Waals surface area contributed by atoms with Crippen molar-refractivity contribution in [1.82, 2.24) is 0 Å². The van der Waals surface area contributed by atoms with E-state index in [9.17, 15) is 0 Å². The van der Waals surface area contributed by atoms with Gasteiger partial charge in [0.2, 0.25) is 0 Å². The lowest BCUT2D eigenvalue weighted by Gasteiger charge is -2.54. The van der Waals surface area contributed by atoms with Crippen molar-refractivity contribution in [2.75, 3.05) is 0 Å². The average molecular weight is 555 g/mol. The van der Waals surface area contributed by atoms with E-state index in [1.807, 2.05) is 0 Å². The normalized spacial score (nSPS) is 52.8. The van der Waals surface area contributed by atoms with Gasteiger partial charge >= 0.3 is 0 Å². The molecule has 1 heteroatoms. The Kier molecular flexibility index (Phi) is 7.98. The molecule has 0 heterocycles. The van der Waals surface area contributed by atoms with Crippen LogP contribution in [0, 0.1) is 93.7 Å². The fourth-order valence-corrected chi connectivity index (χ4v) is 20.1. The summed E-state index contributed by atoms with van der Waals surface area (Å²) in [5.74, 6) is 13.4. The van der Waals surface area contributed by atoms with Crippen LogP contribution in [-0.2, 0) is 0 Å². The molecule has 15 atom stereocenters. The molecule has 0 N–H and O–H groups in total. The van der Waals surface area contributed by atoms with Gasteiger partial charge in [-0.2, -0.15) is 0 Å². The minimum atomic E-state index is -1.57. The van der Waals surface area contributed by atoms with Crippen molar-refractivity contribution in [3.8, 4) is 0 Å². The Labute approximate surface area is 247 Å². The van der Waals surface area contributed by atoms with Crippen molar-refractivity contribution in [3.05, 3.63) is 0 Å². The van der Waals surface area contributed by atoms with Crippen LogP contribution in [0.25, 0.3) is 0 Å². The predicted octanol–water partition coefficient (Wildman–Crippen LogP) is 11.7. The van der Waals surface area contributed by atoms with E-state index in [1.165, 1.54) is 12.8 Å². The summed E-state index contributed by atoms with van der Waals surface area (Å²) < 4.78 is 0. The molecule has 0 nitrogen and oxygen atoms in total. The summed E-state index contributed by atoms with van der Waals surface area (Å²) in [7, 11) is -1.57. The van der Waals surface area contributed by atoms with Gasteiger partial charge in [-0.1, -0.05) is 96.2 Å². The highest BCUT2D eigenvalue weighted by atomic mass is 28.3. The Balaban J connectivity index is 1.56. The first-order valence-corrected chi connectivity index (χ1v) is 21.0. The van der Waals surface area contributed by atoms with Crippen LogP contribution in [0.15, 0.2) is 0 Å². The Morgan fingerprint density at radius 1 is 0.436 bits per heavy atom. The van der Waals surface area contributed by atoms with Gasteiger partial charge < -0.3 is 0 Å². The van der Waals surface area contributed by atoms with E-state index >= 15 is 0 Å².